The van der Waals surface area contributed by atoms with Crippen LogP contribution in [0.4, 0.5) is 11.4 Å². The summed E-state index contributed by atoms with van der Waals surface area (Å²) in [7, 11) is 0. The van der Waals surface area contributed by atoms with Gasteiger partial charge in [0.25, 0.3) is 23.6 Å². The zero-order valence-electron chi connectivity index (χ0n) is 37.3. The van der Waals surface area contributed by atoms with Gasteiger partial charge >= 0.3 is 0 Å². The maximum absolute atomic E-state index is 13.1. The number of likely N-dealkylation sites (tertiary alicyclic amines) is 2. The quantitative estimate of drug-likeness (QED) is 0.161. The number of fused-ring (bicyclic) bond motifs is 2. The summed E-state index contributed by atoms with van der Waals surface area (Å²) in [5, 5.41) is 1.26. The number of aryl methyl sites for hydroxylation is 2. The average Bonchev–Trinajstić information content (AvgIpc) is 3.73. The molecule has 0 aliphatic carbocycles. The Morgan fingerprint density at radius 3 is 1.30 bits per heavy atom. The second-order valence-electron chi connectivity index (χ2n) is 17.6. The summed E-state index contributed by atoms with van der Waals surface area (Å²) in [5.41, 5.74) is 10.3. The van der Waals surface area contributed by atoms with Crippen LogP contribution in [0.25, 0.3) is 0 Å². The molecule has 10 rings (SSSR count). The minimum absolute atomic E-state index is 0.0274. The number of halogens is 2. The van der Waals surface area contributed by atoms with E-state index < -0.39 is 0 Å². The van der Waals surface area contributed by atoms with Crippen molar-refractivity contribution < 1.29 is 19.2 Å². The SMILES string of the molecule is Cc1ccncc1C(=O)N1CCC(c2cncc(N3C(=O)c4ccc(Cl)cc4[C@@H]3C)c2)CC1.Cc1ccncc1C(=O)N1CCC(c2cncc(N3C(=O)c4ccc(Cl)cc4[C@H]3C)c2)CC1. The van der Waals surface area contributed by atoms with Crippen LogP contribution in [0.1, 0.15) is 138 Å². The van der Waals surface area contributed by atoms with E-state index in [2.05, 4.69) is 32.1 Å². The van der Waals surface area contributed by atoms with Crippen molar-refractivity contribution in [2.24, 2.45) is 0 Å². The molecule has 8 heterocycles. The summed E-state index contributed by atoms with van der Waals surface area (Å²) in [6.45, 7) is 10.6. The van der Waals surface area contributed by atoms with Gasteiger partial charge in [-0.3, -0.25) is 48.9 Å². The summed E-state index contributed by atoms with van der Waals surface area (Å²) >= 11 is 12.3. The number of carbonyl (C=O) groups is 4. The molecule has 2 atom stereocenters. The zero-order valence-corrected chi connectivity index (χ0v) is 38.8. The Labute approximate surface area is 394 Å². The molecule has 66 heavy (non-hydrogen) atoms. The highest BCUT2D eigenvalue weighted by molar-refractivity contribution is 6.31. The molecule has 12 nitrogen and oxygen atoms in total. The van der Waals surface area contributed by atoms with E-state index >= 15 is 0 Å². The number of rotatable bonds is 6. The smallest absolute Gasteiger partial charge is 0.259 e. The van der Waals surface area contributed by atoms with Gasteiger partial charge in [-0.25, -0.2) is 0 Å². The number of piperidine rings is 2. The van der Waals surface area contributed by atoms with E-state index in [1.165, 1.54) is 0 Å². The first-order valence-corrected chi connectivity index (χ1v) is 23.2. The second kappa shape index (κ2) is 18.8. The lowest BCUT2D eigenvalue weighted by Crippen LogP contribution is -2.38. The summed E-state index contributed by atoms with van der Waals surface area (Å²) < 4.78 is 0. The molecule has 336 valence electrons. The molecular weight excluding hydrogens is 872 g/mol. The second-order valence-corrected chi connectivity index (χ2v) is 18.5. The van der Waals surface area contributed by atoms with Crippen molar-refractivity contribution in [3.05, 3.63) is 176 Å². The van der Waals surface area contributed by atoms with Gasteiger partial charge in [0.15, 0.2) is 0 Å². The molecule has 2 saturated heterocycles. The predicted octanol–water partition coefficient (Wildman–Crippen LogP) is 10.4. The Balaban J connectivity index is 0.000000166. The summed E-state index contributed by atoms with van der Waals surface area (Å²) in [4.78, 5) is 76.5. The third-order valence-corrected chi connectivity index (χ3v) is 14.2. The van der Waals surface area contributed by atoms with E-state index in [4.69, 9.17) is 23.2 Å². The number of aromatic nitrogens is 4. The number of anilines is 2. The number of nitrogens with zero attached hydrogens (tertiary/aromatic N) is 8. The average molecular weight is 922 g/mol. The third-order valence-electron chi connectivity index (χ3n) is 13.7. The van der Waals surface area contributed by atoms with Crippen LogP contribution in [0.2, 0.25) is 10.0 Å². The van der Waals surface area contributed by atoms with Gasteiger partial charge in [-0.15, -0.1) is 0 Å². The van der Waals surface area contributed by atoms with Gasteiger partial charge in [0, 0.05) is 84.5 Å². The highest BCUT2D eigenvalue weighted by Gasteiger charge is 2.37. The molecule has 14 heteroatoms. The van der Waals surface area contributed by atoms with Crippen molar-refractivity contribution in [1.29, 1.82) is 0 Å². The topological polar surface area (TPSA) is 133 Å². The van der Waals surface area contributed by atoms with Crippen LogP contribution in [0.3, 0.4) is 0 Å². The molecule has 0 spiro atoms. The Morgan fingerprint density at radius 1 is 0.530 bits per heavy atom. The Kier molecular flexibility index (Phi) is 12.7. The highest BCUT2D eigenvalue weighted by atomic mass is 35.5. The predicted molar refractivity (Wildman–Crippen MR) is 256 cm³/mol. The minimum Gasteiger partial charge on any atom is -0.339 e. The minimum atomic E-state index is -0.106. The zero-order chi connectivity index (χ0) is 46.2. The maximum atomic E-state index is 13.1. The van der Waals surface area contributed by atoms with Gasteiger partial charge in [0.05, 0.1) is 47.0 Å². The number of amides is 4. The number of hydrogen-bond acceptors (Lipinski definition) is 8. The first kappa shape index (κ1) is 44.7. The van der Waals surface area contributed by atoms with Gasteiger partial charge in [-0.05, 0) is 159 Å². The molecule has 4 aliphatic rings. The Morgan fingerprint density at radius 2 is 0.924 bits per heavy atom. The first-order chi connectivity index (χ1) is 31.9. The monoisotopic (exact) mass is 920 g/mol. The first-order valence-electron chi connectivity index (χ1n) is 22.4. The normalized spacial score (nSPS) is 18.5. The lowest BCUT2D eigenvalue weighted by atomic mass is 9.90. The van der Waals surface area contributed by atoms with Crippen molar-refractivity contribution in [1.82, 2.24) is 29.7 Å². The van der Waals surface area contributed by atoms with Crippen LogP contribution in [0, 0.1) is 13.8 Å². The lowest BCUT2D eigenvalue weighted by molar-refractivity contribution is 0.0704. The van der Waals surface area contributed by atoms with E-state index in [0.29, 0.717) is 70.3 Å². The molecule has 0 saturated carbocycles. The molecular formula is C52H50Cl2N8O4. The van der Waals surface area contributed by atoms with Crippen LogP contribution < -0.4 is 9.80 Å². The largest absolute Gasteiger partial charge is 0.339 e. The third kappa shape index (κ3) is 8.67. The fourth-order valence-corrected chi connectivity index (χ4v) is 10.2. The van der Waals surface area contributed by atoms with Gasteiger partial charge in [-0.1, -0.05) is 23.2 Å². The van der Waals surface area contributed by atoms with Crippen LogP contribution >= 0.6 is 23.2 Å². The molecule has 2 fully saturated rings. The number of carbonyl (C=O) groups excluding carboxylic acids is 4. The summed E-state index contributed by atoms with van der Waals surface area (Å²) in [5.74, 6) is 0.612. The van der Waals surface area contributed by atoms with E-state index in [1.807, 2.05) is 74.2 Å². The number of benzene rings is 2. The van der Waals surface area contributed by atoms with Gasteiger partial charge in [0.2, 0.25) is 0 Å². The fourth-order valence-electron chi connectivity index (χ4n) is 9.87. The molecule has 2 aromatic carbocycles. The molecule has 0 unspecified atom stereocenters. The van der Waals surface area contributed by atoms with Crippen molar-refractivity contribution in [2.45, 2.75) is 77.3 Å². The lowest BCUT2D eigenvalue weighted by Gasteiger charge is -2.33. The van der Waals surface area contributed by atoms with Crippen molar-refractivity contribution in [3.63, 3.8) is 0 Å². The molecule has 6 aromatic rings. The van der Waals surface area contributed by atoms with Crippen LogP contribution in [0.15, 0.2) is 110 Å². The van der Waals surface area contributed by atoms with Gasteiger partial charge < -0.3 is 9.80 Å². The van der Waals surface area contributed by atoms with Crippen LogP contribution in [-0.2, 0) is 0 Å². The fraction of sp³-hybridized carbons (Fsp3) is 0.308. The molecule has 4 amide bonds. The Bertz CT molecular complexity index is 2670. The van der Waals surface area contributed by atoms with Crippen molar-refractivity contribution in [3.8, 4) is 0 Å². The van der Waals surface area contributed by atoms with E-state index in [0.717, 1.165) is 70.4 Å². The maximum Gasteiger partial charge on any atom is 0.259 e. The molecule has 0 bridgehead atoms. The molecule has 4 aliphatic heterocycles. The highest BCUT2D eigenvalue weighted by Crippen LogP contribution is 2.41. The molecule has 0 radical (unpaired) electrons. The number of pyridine rings is 4. The van der Waals surface area contributed by atoms with E-state index in [1.54, 1.807) is 71.2 Å². The summed E-state index contributed by atoms with van der Waals surface area (Å²) in [6.07, 6.45) is 17.4. The van der Waals surface area contributed by atoms with E-state index in [-0.39, 0.29) is 35.7 Å². The van der Waals surface area contributed by atoms with Crippen LogP contribution in [-0.4, -0.2) is 79.5 Å². The summed E-state index contributed by atoms with van der Waals surface area (Å²) in [6, 6.07) is 18.5. The number of hydrogen-bond donors (Lipinski definition) is 0. The van der Waals surface area contributed by atoms with E-state index in [9.17, 15) is 19.2 Å². The molecule has 4 aromatic heterocycles. The van der Waals surface area contributed by atoms with Crippen molar-refractivity contribution in [2.75, 3.05) is 36.0 Å². The molecule has 0 N–H and O–H groups in total. The van der Waals surface area contributed by atoms with Gasteiger partial charge in [0.1, 0.15) is 0 Å². The van der Waals surface area contributed by atoms with Crippen molar-refractivity contribution >= 4 is 58.2 Å². The Hall–Kier alpha value is -6.50. The van der Waals surface area contributed by atoms with Crippen LogP contribution in [0.5, 0.6) is 0 Å². The standard InChI is InChI=1S/2C26H25ClN4O2/c2*1-16-5-8-28-15-24(16)25(32)30-9-6-18(7-10-30)19-11-21(14-29-13-19)31-17(2)23-12-20(27)3-4-22(23)26(31)33/h2*3-5,8,11-15,17-18H,6-7,9-10H2,1-2H3/t2*17-/m10/s1. The van der Waals surface area contributed by atoms with Gasteiger partial charge in [-0.2, -0.15) is 0 Å².